The lowest BCUT2D eigenvalue weighted by molar-refractivity contribution is 0.0341. The molecule has 4 aromatic carbocycles. The van der Waals surface area contributed by atoms with Gasteiger partial charge in [0.25, 0.3) is 0 Å². The number of rotatable bonds is 42. The fourth-order valence-corrected chi connectivity index (χ4v) is 31.1. The zero-order valence-corrected chi connectivity index (χ0v) is 102. The van der Waals surface area contributed by atoms with Gasteiger partial charge in [-0.25, -0.2) is 0 Å². The van der Waals surface area contributed by atoms with E-state index in [1.807, 2.05) is 0 Å². The molecule has 780 valence electrons. The van der Waals surface area contributed by atoms with E-state index in [0.29, 0.717) is 146 Å². The molecule has 0 radical (unpaired) electrons. The zero-order chi connectivity index (χ0) is 106. The number of hydrogen-bond acceptors (Lipinski definition) is 13. The molecule has 0 saturated heterocycles. The van der Waals surface area contributed by atoms with Crippen molar-refractivity contribution in [2.24, 2.45) is 65.0 Å². The zero-order valence-electron chi connectivity index (χ0n) is 99.6. The van der Waals surface area contributed by atoms with Crippen molar-refractivity contribution >= 4 is 38.8 Å². The van der Waals surface area contributed by atoms with Crippen molar-refractivity contribution in [3.05, 3.63) is 48.5 Å². The summed E-state index contributed by atoms with van der Waals surface area (Å²) >= 11 is 0. The molecule has 0 fully saturated rings. The highest BCUT2D eigenvalue weighted by Crippen LogP contribution is 2.51. The van der Waals surface area contributed by atoms with Crippen molar-refractivity contribution in [3.8, 4) is 69.0 Å². The summed E-state index contributed by atoms with van der Waals surface area (Å²) in [6.45, 7) is 136. The molecule has 0 aliphatic heterocycles. The van der Waals surface area contributed by atoms with Crippen LogP contribution in [0.3, 0.4) is 0 Å². The first kappa shape index (κ1) is 122. The molecule has 0 bridgehead atoms. The Hall–Kier alpha value is -5.13. The molecule has 0 aromatic heterocycles. The minimum atomic E-state index is -3.95. The Labute approximate surface area is 836 Å². The van der Waals surface area contributed by atoms with E-state index in [-0.39, 0.29) is 65.0 Å². The summed E-state index contributed by atoms with van der Waals surface area (Å²) in [6.07, 6.45) is 8.31. The predicted molar refractivity (Wildman–Crippen MR) is 585 cm³/mol. The van der Waals surface area contributed by atoms with Gasteiger partial charge in [-0.05, 0) is 332 Å². The normalized spacial score (nSPS) is 14.7. The number of ether oxygens (including phenoxy) is 12. The summed E-state index contributed by atoms with van der Waals surface area (Å²) in [4.78, 5) is 0. The summed E-state index contributed by atoms with van der Waals surface area (Å²) in [5, 5.41) is 3.12. The highest BCUT2D eigenvalue weighted by atomic mass is 28.4. The van der Waals surface area contributed by atoms with Gasteiger partial charge in [0.2, 0.25) is 18.1 Å². The molecule has 4 aromatic rings. The van der Waals surface area contributed by atoms with E-state index in [1.54, 1.807) is 0 Å². The number of hydrogen-bond donors (Lipinski definition) is 0. The molecule has 15 heteroatoms. The van der Waals surface area contributed by atoms with Crippen molar-refractivity contribution in [2.45, 2.75) is 560 Å². The molecule has 0 atom stereocenters. The van der Waals surface area contributed by atoms with Crippen LogP contribution in [-0.2, 0) is 4.12 Å². The van der Waals surface area contributed by atoms with E-state index in [2.05, 4.69) is 464 Å². The molecule has 0 N–H and O–H groups in total. The third-order valence-electron chi connectivity index (χ3n) is 21.8. The van der Waals surface area contributed by atoms with Crippen molar-refractivity contribution in [1.29, 1.82) is 0 Å². The summed E-state index contributed by atoms with van der Waals surface area (Å²) in [7, 11) is -7.91. The molecule has 0 amide bonds. The smallest absolute Gasteiger partial charge is 0.236 e. The maximum absolute atomic E-state index is 9.68. The maximum Gasteiger partial charge on any atom is 0.236 e. The Balaban J connectivity index is 3.12. The van der Waals surface area contributed by atoms with Crippen LogP contribution in [0.1, 0.15) is 492 Å². The van der Waals surface area contributed by atoms with Crippen molar-refractivity contribution in [1.82, 2.24) is 0 Å². The summed E-state index contributed by atoms with van der Waals surface area (Å²) in [5.41, 5.74) is -11.5. The molecule has 0 aliphatic carbocycles. The van der Waals surface area contributed by atoms with E-state index < -0.39 is 85.3 Å². The van der Waals surface area contributed by atoms with E-state index in [4.69, 9.17) is 56.8 Å². The Morgan fingerprint density at radius 2 is 0.207 bits per heavy atom. The minimum absolute atomic E-state index is 0.138. The predicted octanol–water partition coefficient (Wildman–Crippen LogP) is 33.2. The monoisotopic (exact) mass is 1920 g/mol. The molecular weight excluding hydrogens is 1710 g/mol. The summed E-state index contributed by atoms with van der Waals surface area (Å²) in [5.74, 6) is 6.77. The van der Waals surface area contributed by atoms with Gasteiger partial charge in [-0.1, -0.05) is 249 Å². The Morgan fingerprint density at radius 3 is 0.296 bits per heavy atom. The van der Waals surface area contributed by atoms with Gasteiger partial charge in [0.05, 0.1) is 0 Å². The average molecular weight is 1920 g/mol. The van der Waals surface area contributed by atoms with E-state index in [9.17, 15) is 4.12 Å². The van der Waals surface area contributed by atoms with Gasteiger partial charge >= 0.3 is 0 Å². The summed E-state index contributed by atoms with van der Waals surface area (Å²) in [6, 6.07) is 17.6. The van der Waals surface area contributed by atoms with Gasteiger partial charge in [0, 0.05) is 45.0 Å². The third kappa shape index (κ3) is 46.7. The molecule has 0 unspecified atom stereocenters. The fraction of sp³-hybridized carbons (Fsp3) is 0.800. The molecule has 135 heavy (non-hydrogen) atoms. The highest BCUT2D eigenvalue weighted by molar-refractivity contribution is 6.93. The molecule has 0 aliphatic rings. The van der Waals surface area contributed by atoms with Crippen LogP contribution < -0.4 is 77.6 Å². The standard InChI is InChI=1S/C120H214O13Si2/c1-97(2,3)69-109(37,38)121-81-61-89(129-117(53,54)77-105(25,26)27)93(65-85(81)125-113(45,46)73-101(13,14)15)134(94-66-86(126-114(47,48)74-102(16,17)18)82(122-110(39,40)70-98(4,5)6)62-90(94)130-118(55,56)78-106(28,29)30)133-135(95-67-87(127-115(49,50)75-103(19,20)21)83(123-111(41,42)71-99(7,8)9)63-91(95)131-119(57,58)79-107(31,32)33)96-68-88(128-116(51,52)76-104(22,23)24)84(124-112(43,44)72-100(10,11)12)64-92(96)132-120(59,60)80-108(34,35)36/h61-68,134-135H,69-80H2,1-60H3. The van der Waals surface area contributed by atoms with Crippen LogP contribution in [0.5, 0.6) is 69.0 Å². The first-order chi connectivity index (χ1) is 59.0. The molecule has 0 spiro atoms. The molecule has 0 heterocycles. The van der Waals surface area contributed by atoms with Crippen LogP contribution in [-0.4, -0.2) is 85.3 Å². The lowest BCUT2D eigenvalue weighted by atomic mass is 9.83. The van der Waals surface area contributed by atoms with Crippen molar-refractivity contribution < 1.29 is 61.0 Å². The second kappa shape index (κ2) is 41.3. The van der Waals surface area contributed by atoms with Gasteiger partial charge < -0.3 is 61.0 Å². The average Bonchev–Trinajstić information content (AvgIpc) is 0.741. The van der Waals surface area contributed by atoms with Gasteiger partial charge in [0.1, 0.15) is 90.2 Å². The summed E-state index contributed by atoms with van der Waals surface area (Å²) < 4.78 is 106. The van der Waals surface area contributed by atoms with E-state index in [0.717, 1.165) is 20.7 Å². The third-order valence-corrected chi connectivity index (χ3v) is 28.1. The van der Waals surface area contributed by atoms with Crippen LogP contribution >= 0.6 is 0 Å². The van der Waals surface area contributed by atoms with Crippen molar-refractivity contribution in [3.63, 3.8) is 0 Å². The Kier molecular flexibility index (Phi) is 37.4. The largest absolute Gasteiger partial charge is 0.488 e. The Bertz CT molecular complexity index is 3940. The van der Waals surface area contributed by atoms with Gasteiger partial charge in [-0.2, -0.15) is 0 Å². The second-order valence-electron chi connectivity index (χ2n) is 63.4. The van der Waals surface area contributed by atoms with Crippen LogP contribution in [0, 0.1) is 65.0 Å². The first-order valence-corrected chi connectivity index (χ1v) is 54.9. The second-order valence-corrected chi connectivity index (χ2v) is 68.5. The van der Waals surface area contributed by atoms with Crippen LogP contribution in [0.2, 0.25) is 0 Å². The lowest BCUT2D eigenvalue weighted by Crippen LogP contribution is -2.58. The van der Waals surface area contributed by atoms with Gasteiger partial charge in [-0.15, -0.1) is 0 Å². The maximum atomic E-state index is 9.68. The molecule has 0 saturated carbocycles. The quantitative estimate of drug-likeness (QED) is 0.0392. The van der Waals surface area contributed by atoms with Crippen molar-refractivity contribution in [2.75, 3.05) is 0 Å². The fourth-order valence-electron chi connectivity index (χ4n) is 24.1. The molecule has 4 rings (SSSR count). The first-order valence-electron chi connectivity index (χ1n) is 51.6. The number of benzene rings is 4. The highest BCUT2D eigenvalue weighted by Gasteiger charge is 2.47. The van der Waals surface area contributed by atoms with Crippen LogP contribution in [0.15, 0.2) is 48.5 Å². The lowest BCUT2D eigenvalue weighted by Gasteiger charge is -2.40. The topological polar surface area (TPSA) is 120 Å². The van der Waals surface area contributed by atoms with E-state index in [1.165, 1.54) is 0 Å². The molecular formula is C120H214O13Si2. The molecule has 13 nitrogen and oxygen atoms in total. The van der Waals surface area contributed by atoms with Crippen LogP contribution in [0.25, 0.3) is 0 Å². The van der Waals surface area contributed by atoms with E-state index >= 15 is 0 Å². The van der Waals surface area contributed by atoms with Gasteiger partial charge in [0.15, 0.2) is 46.0 Å². The SMILES string of the molecule is CC(C)(C)CC(C)(C)Oc1cc(OC(C)(C)CC(C)(C)C)c([SiH](O[SiH](c2cc(OC(C)(C)CC(C)(C)C)c(OC(C)(C)CC(C)(C)C)cc2OC(C)(C)CC(C)(C)C)c2cc(OC(C)(C)CC(C)(C)C)c(OC(C)(C)CC(C)(C)C)cc2OC(C)(C)CC(C)(C)C)c2cc(OC(C)(C)CC(C)(C)C)c(OC(C)(C)CC(C)(C)C)cc2OC(C)(C)CC(C)(C)C)cc1OC(C)(C)CC(C)(C)C. The van der Waals surface area contributed by atoms with Gasteiger partial charge in [-0.3, -0.25) is 0 Å². The van der Waals surface area contributed by atoms with Crippen LogP contribution in [0.4, 0.5) is 0 Å². The minimum Gasteiger partial charge on any atom is -0.488 e. The Morgan fingerprint density at radius 1 is 0.126 bits per heavy atom.